The summed E-state index contributed by atoms with van der Waals surface area (Å²) in [6, 6.07) is 12.8. The molecule has 1 saturated heterocycles. The van der Waals surface area contributed by atoms with E-state index in [-0.39, 0.29) is 17.1 Å². The number of hydrogen-bond acceptors (Lipinski definition) is 3. The summed E-state index contributed by atoms with van der Waals surface area (Å²) >= 11 is 0. The fourth-order valence-electron chi connectivity index (χ4n) is 4.17. The summed E-state index contributed by atoms with van der Waals surface area (Å²) in [7, 11) is 0. The van der Waals surface area contributed by atoms with Gasteiger partial charge >= 0.3 is 0 Å². The van der Waals surface area contributed by atoms with Gasteiger partial charge in [-0.1, -0.05) is 45.5 Å². The molecule has 1 aliphatic rings. The molecule has 1 aromatic heterocycles. The summed E-state index contributed by atoms with van der Waals surface area (Å²) in [6.07, 6.45) is 2.38. The molecule has 0 saturated carbocycles. The topological polar surface area (TPSA) is 41.4 Å². The highest BCUT2D eigenvalue weighted by molar-refractivity contribution is 5.94. The highest BCUT2D eigenvalue weighted by Gasteiger charge is 2.25. The van der Waals surface area contributed by atoms with Crippen molar-refractivity contribution in [3.05, 3.63) is 60.9 Å². The molecule has 0 spiro atoms. The molecule has 168 valence electrons. The molecule has 4 rings (SSSR count). The Morgan fingerprint density at radius 2 is 1.81 bits per heavy atom. The maximum Gasteiger partial charge on any atom is 0.246 e. The Hall–Kier alpha value is -3.15. The fourth-order valence-corrected chi connectivity index (χ4v) is 4.17. The highest BCUT2D eigenvalue weighted by Crippen LogP contribution is 2.33. The van der Waals surface area contributed by atoms with Gasteiger partial charge in [-0.3, -0.25) is 4.79 Å². The van der Waals surface area contributed by atoms with Crippen LogP contribution in [0.3, 0.4) is 0 Å². The summed E-state index contributed by atoms with van der Waals surface area (Å²) in [5.41, 5.74) is 2.89. The van der Waals surface area contributed by atoms with Crippen LogP contribution in [0.2, 0.25) is 0 Å². The minimum Gasteiger partial charge on any atom is -0.353 e. The maximum atomic E-state index is 13.7. The zero-order valence-corrected chi connectivity index (χ0v) is 19.1. The summed E-state index contributed by atoms with van der Waals surface area (Å²) < 4.78 is 15.9. The van der Waals surface area contributed by atoms with E-state index in [0.717, 1.165) is 53.9 Å². The van der Waals surface area contributed by atoms with Crippen LogP contribution in [0.1, 0.15) is 27.2 Å². The SMILES string of the molecule is C=CC(=O)N1CCN(c2c3ccc(-c4cccc(F)c4)cc3nn2CCC(C)(C)C)CC1. The molecule has 0 aliphatic carbocycles. The predicted molar refractivity (Wildman–Crippen MR) is 128 cm³/mol. The first-order valence-corrected chi connectivity index (χ1v) is 11.2. The maximum absolute atomic E-state index is 13.7. The van der Waals surface area contributed by atoms with Crippen molar-refractivity contribution in [2.45, 2.75) is 33.7 Å². The lowest BCUT2D eigenvalue weighted by molar-refractivity contribution is -0.126. The fraction of sp³-hybridized carbons (Fsp3) is 0.385. The number of rotatable bonds is 5. The van der Waals surface area contributed by atoms with E-state index in [2.05, 4.69) is 43.0 Å². The van der Waals surface area contributed by atoms with Gasteiger partial charge in [0.2, 0.25) is 5.91 Å². The average Bonchev–Trinajstić information content (AvgIpc) is 3.14. The summed E-state index contributed by atoms with van der Waals surface area (Å²) in [5, 5.41) is 6.04. The van der Waals surface area contributed by atoms with Crippen molar-refractivity contribution in [1.82, 2.24) is 14.7 Å². The van der Waals surface area contributed by atoms with Crippen LogP contribution < -0.4 is 4.90 Å². The van der Waals surface area contributed by atoms with E-state index in [9.17, 15) is 9.18 Å². The first-order valence-electron chi connectivity index (χ1n) is 11.2. The lowest BCUT2D eigenvalue weighted by Gasteiger charge is -2.36. The third-order valence-electron chi connectivity index (χ3n) is 6.01. The number of nitrogens with zero attached hydrogens (tertiary/aromatic N) is 4. The first-order chi connectivity index (χ1) is 15.2. The Bertz CT molecular complexity index is 1140. The van der Waals surface area contributed by atoms with Gasteiger partial charge in [0, 0.05) is 38.1 Å². The van der Waals surface area contributed by atoms with Gasteiger partial charge < -0.3 is 9.80 Å². The Morgan fingerprint density at radius 3 is 2.47 bits per heavy atom. The molecule has 0 radical (unpaired) electrons. The molecule has 3 aromatic rings. The zero-order chi connectivity index (χ0) is 22.9. The summed E-state index contributed by atoms with van der Waals surface area (Å²) in [5.74, 6) is 0.835. The van der Waals surface area contributed by atoms with E-state index in [1.807, 2.05) is 23.1 Å². The molecular weight excluding hydrogens is 403 g/mol. The quantitative estimate of drug-likeness (QED) is 0.524. The van der Waals surface area contributed by atoms with Crippen molar-refractivity contribution in [3.63, 3.8) is 0 Å². The van der Waals surface area contributed by atoms with Crippen molar-refractivity contribution in [2.24, 2.45) is 5.41 Å². The lowest BCUT2D eigenvalue weighted by Crippen LogP contribution is -2.49. The number of carbonyl (C=O) groups is 1. The minimum atomic E-state index is -0.245. The molecule has 2 heterocycles. The van der Waals surface area contributed by atoms with Crippen LogP contribution in [0.5, 0.6) is 0 Å². The normalized spacial score (nSPS) is 14.8. The molecule has 0 unspecified atom stereocenters. The van der Waals surface area contributed by atoms with Gasteiger partial charge in [-0.25, -0.2) is 9.07 Å². The van der Waals surface area contributed by atoms with Crippen LogP contribution in [0.15, 0.2) is 55.1 Å². The van der Waals surface area contributed by atoms with Crippen molar-refractivity contribution in [3.8, 4) is 11.1 Å². The number of halogens is 1. The second-order valence-corrected chi connectivity index (χ2v) is 9.62. The third kappa shape index (κ3) is 4.69. The van der Waals surface area contributed by atoms with Crippen LogP contribution in [-0.2, 0) is 11.3 Å². The van der Waals surface area contributed by atoms with Crippen LogP contribution in [0, 0.1) is 11.2 Å². The molecule has 0 bridgehead atoms. The number of amides is 1. The Morgan fingerprint density at radius 1 is 1.09 bits per heavy atom. The van der Waals surface area contributed by atoms with Gasteiger partial charge in [0.05, 0.1) is 5.52 Å². The molecule has 1 fully saturated rings. The number of aryl methyl sites for hydroxylation is 1. The molecule has 1 aliphatic heterocycles. The van der Waals surface area contributed by atoms with E-state index in [0.29, 0.717) is 13.1 Å². The van der Waals surface area contributed by atoms with Crippen molar-refractivity contribution in [2.75, 3.05) is 31.1 Å². The van der Waals surface area contributed by atoms with Crippen LogP contribution in [-0.4, -0.2) is 46.8 Å². The molecule has 2 aromatic carbocycles. The Kier molecular flexibility index (Phi) is 6.04. The van der Waals surface area contributed by atoms with Crippen molar-refractivity contribution >= 4 is 22.6 Å². The Balaban J connectivity index is 1.70. The summed E-state index contributed by atoms with van der Waals surface area (Å²) in [6.45, 7) is 14.0. The second kappa shape index (κ2) is 8.77. The number of aromatic nitrogens is 2. The number of fused-ring (bicyclic) bond motifs is 1. The largest absolute Gasteiger partial charge is 0.353 e. The van der Waals surface area contributed by atoms with Crippen LogP contribution >= 0.6 is 0 Å². The van der Waals surface area contributed by atoms with E-state index in [4.69, 9.17) is 5.10 Å². The van der Waals surface area contributed by atoms with Gasteiger partial charge in [0.15, 0.2) is 0 Å². The molecule has 32 heavy (non-hydrogen) atoms. The van der Waals surface area contributed by atoms with Crippen molar-refractivity contribution < 1.29 is 9.18 Å². The first kappa shape index (κ1) is 22.1. The Labute approximate surface area is 189 Å². The van der Waals surface area contributed by atoms with E-state index in [1.165, 1.54) is 12.1 Å². The number of benzene rings is 2. The molecule has 5 nitrogen and oxygen atoms in total. The van der Waals surface area contributed by atoms with E-state index < -0.39 is 0 Å². The third-order valence-corrected chi connectivity index (χ3v) is 6.01. The molecule has 0 atom stereocenters. The zero-order valence-electron chi connectivity index (χ0n) is 19.1. The molecule has 1 amide bonds. The molecule has 6 heteroatoms. The summed E-state index contributed by atoms with van der Waals surface area (Å²) in [4.78, 5) is 16.2. The van der Waals surface area contributed by atoms with E-state index in [1.54, 1.807) is 12.1 Å². The highest BCUT2D eigenvalue weighted by atomic mass is 19.1. The monoisotopic (exact) mass is 434 g/mol. The number of hydrogen-bond donors (Lipinski definition) is 0. The predicted octanol–water partition coefficient (Wildman–Crippen LogP) is 5.11. The minimum absolute atomic E-state index is 0.0181. The second-order valence-electron chi connectivity index (χ2n) is 9.62. The average molecular weight is 435 g/mol. The smallest absolute Gasteiger partial charge is 0.246 e. The molecular formula is C26H31FN4O. The van der Waals surface area contributed by atoms with Crippen LogP contribution in [0.4, 0.5) is 10.2 Å². The van der Waals surface area contributed by atoms with Crippen LogP contribution in [0.25, 0.3) is 22.0 Å². The van der Waals surface area contributed by atoms with E-state index >= 15 is 0 Å². The standard InChI is InChI=1S/C26H31FN4O/c1-5-24(32)29-13-15-30(16-14-29)25-22-10-9-20(19-7-6-8-21(27)17-19)18-23(22)28-31(25)12-11-26(2,3)4/h5-10,17-18H,1,11-16H2,2-4H3. The lowest BCUT2D eigenvalue weighted by atomic mass is 9.92. The van der Waals surface area contributed by atoms with Gasteiger partial charge in [-0.05, 0) is 53.3 Å². The van der Waals surface area contributed by atoms with Gasteiger partial charge in [0.25, 0.3) is 0 Å². The van der Waals surface area contributed by atoms with Gasteiger partial charge in [-0.2, -0.15) is 5.10 Å². The van der Waals surface area contributed by atoms with Gasteiger partial charge in [0.1, 0.15) is 11.6 Å². The van der Waals surface area contributed by atoms with Gasteiger partial charge in [-0.15, -0.1) is 0 Å². The van der Waals surface area contributed by atoms with Crippen molar-refractivity contribution in [1.29, 1.82) is 0 Å². The number of carbonyl (C=O) groups excluding carboxylic acids is 1. The number of piperazine rings is 1. The number of anilines is 1. The molecule has 0 N–H and O–H groups in total.